The molecule has 2 heterocycles. The molecule has 0 atom stereocenters. The van der Waals surface area contributed by atoms with E-state index in [4.69, 9.17) is 27.6 Å². The number of carbonyl (C=O) groups is 1. The van der Waals surface area contributed by atoms with Gasteiger partial charge in [-0.05, 0) is 52.3 Å². The zero-order valence-corrected chi connectivity index (χ0v) is 15.6. The molecule has 0 fully saturated rings. The lowest BCUT2D eigenvalue weighted by atomic mass is 10.2. The molecule has 0 spiro atoms. The van der Waals surface area contributed by atoms with Gasteiger partial charge < -0.3 is 4.42 Å². The minimum absolute atomic E-state index is 0.377. The number of nitrogens with one attached hydrogen (secondary N) is 1. The Hall–Kier alpha value is -2.15. The molecule has 0 aliphatic carbocycles. The van der Waals surface area contributed by atoms with Gasteiger partial charge in [0.25, 0.3) is 5.91 Å². The predicted molar refractivity (Wildman–Crippen MR) is 101 cm³/mol. The van der Waals surface area contributed by atoms with Crippen molar-refractivity contribution in [3.8, 4) is 11.3 Å². The minimum atomic E-state index is -0.377. The van der Waals surface area contributed by atoms with Crippen molar-refractivity contribution in [1.29, 1.82) is 0 Å². The molecule has 5 nitrogen and oxygen atoms in total. The van der Waals surface area contributed by atoms with E-state index in [1.807, 2.05) is 0 Å². The van der Waals surface area contributed by atoms with E-state index in [2.05, 4.69) is 31.4 Å². The number of hydrazone groups is 1. The largest absolute Gasteiger partial charge is 0.455 e. The lowest BCUT2D eigenvalue weighted by molar-refractivity contribution is 0.0954. The van der Waals surface area contributed by atoms with Crippen molar-refractivity contribution in [3.63, 3.8) is 0 Å². The summed E-state index contributed by atoms with van der Waals surface area (Å²) in [6.45, 7) is 0. The summed E-state index contributed by atoms with van der Waals surface area (Å²) in [7, 11) is 0. The standard InChI is InChI=1S/C17H10BrCl2N3O2/c18-11-5-10(7-21-8-11)17(24)23-22-9-13-2-4-16(25-13)14-3-1-12(19)6-15(14)20/h1-9H,(H,23,24)/b22-9-. The molecule has 0 aliphatic rings. The second kappa shape index (κ2) is 7.82. The Morgan fingerprint density at radius 3 is 2.80 bits per heavy atom. The molecule has 1 amide bonds. The van der Waals surface area contributed by atoms with Gasteiger partial charge in [-0.15, -0.1) is 0 Å². The first-order chi connectivity index (χ1) is 12.0. The smallest absolute Gasteiger partial charge is 0.272 e. The van der Waals surface area contributed by atoms with Gasteiger partial charge in [-0.1, -0.05) is 23.2 Å². The molecule has 126 valence electrons. The number of carbonyl (C=O) groups excluding carboxylic acids is 1. The fourth-order valence-corrected chi connectivity index (χ4v) is 2.88. The second-order valence-corrected chi connectivity index (χ2v) is 6.68. The molecule has 3 aromatic rings. The monoisotopic (exact) mass is 437 g/mol. The van der Waals surface area contributed by atoms with Crippen LogP contribution >= 0.6 is 39.1 Å². The SMILES string of the molecule is O=C(N/N=C\c1ccc(-c2ccc(Cl)cc2Cl)o1)c1cncc(Br)c1. The van der Waals surface area contributed by atoms with Crippen LogP contribution in [0, 0.1) is 0 Å². The van der Waals surface area contributed by atoms with Crippen LogP contribution in [0.3, 0.4) is 0 Å². The topological polar surface area (TPSA) is 67.5 Å². The van der Waals surface area contributed by atoms with Gasteiger partial charge in [0.05, 0.1) is 16.8 Å². The fraction of sp³-hybridized carbons (Fsp3) is 0. The van der Waals surface area contributed by atoms with Crippen molar-refractivity contribution in [2.75, 3.05) is 0 Å². The molecular formula is C17H10BrCl2N3O2. The van der Waals surface area contributed by atoms with Crippen LogP contribution in [0.15, 0.2) is 62.8 Å². The van der Waals surface area contributed by atoms with E-state index >= 15 is 0 Å². The molecule has 3 rings (SSSR count). The van der Waals surface area contributed by atoms with Gasteiger partial charge in [0.15, 0.2) is 0 Å². The quantitative estimate of drug-likeness (QED) is 0.451. The summed E-state index contributed by atoms with van der Waals surface area (Å²) in [5.74, 6) is 0.664. The van der Waals surface area contributed by atoms with E-state index in [1.54, 1.807) is 42.6 Å². The molecule has 8 heteroatoms. The number of nitrogens with zero attached hydrogens (tertiary/aromatic N) is 2. The van der Waals surface area contributed by atoms with Gasteiger partial charge in [-0.3, -0.25) is 9.78 Å². The number of amides is 1. The Balaban J connectivity index is 1.69. The fourth-order valence-electron chi connectivity index (χ4n) is 2.01. The van der Waals surface area contributed by atoms with Gasteiger partial charge >= 0.3 is 0 Å². The summed E-state index contributed by atoms with van der Waals surface area (Å²) in [5, 5.41) is 4.91. The highest BCUT2D eigenvalue weighted by molar-refractivity contribution is 9.10. The summed E-state index contributed by atoms with van der Waals surface area (Å²) >= 11 is 15.3. The highest BCUT2D eigenvalue weighted by Gasteiger charge is 2.09. The third kappa shape index (κ3) is 4.48. The van der Waals surface area contributed by atoms with Gasteiger partial charge in [0, 0.05) is 27.5 Å². The molecule has 0 radical (unpaired) electrons. The first kappa shape index (κ1) is 17.7. The summed E-state index contributed by atoms with van der Waals surface area (Å²) in [4.78, 5) is 15.9. The Labute approximate surface area is 161 Å². The molecule has 1 N–H and O–H groups in total. The predicted octanol–water partition coefficient (Wildman–Crippen LogP) is 5.17. The van der Waals surface area contributed by atoms with Gasteiger partial charge in [-0.2, -0.15) is 5.10 Å². The Morgan fingerprint density at radius 2 is 2.04 bits per heavy atom. The van der Waals surface area contributed by atoms with Crippen molar-refractivity contribution >= 4 is 51.3 Å². The van der Waals surface area contributed by atoms with E-state index in [9.17, 15) is 4.79 Å². The molecule has 0 bridgehead atoms. The van der Waals surface area contributed by atoms with Crippen molar-refractivity contribution < 1.29 is 9.21 Å². The molecule has 25 heavy (non-hydrogen) atoms. The number of furan rings is 1. The number of aromatic nitrogens is 1. The van der Waals surface area contributed by atoms with Crippen LogP contribution in [0.5, 0.6) is 0 Å². The van der Waals surface area contributed by atoms with Crippen molar-refractivity contribution in [2.24, 2.45) is 5.10 Å². The summed E-state index contributed by atoms with van der Waals surface area (Å²) in [6.07, 6.45) is 4.44. The number of hydrogen-bond acceptors (Lipinski definition) is 4. The highest BCUT2D eigenvalue weighted by atomic mass is 79.9. The Bertz CT molecular complexity index is 957. The van der Waals surface area contributed by atoms with Crippen LogP contribution in [0.4, 0.5) is 0 Å². The van der Waals surface area contributed by atoms with Crippen LogP contribution in [-0.2, 0) is 0 Å². The molecular weight excluding hydrogens is 429 g/mol. The number of hydrogen-bond donors (Lipinski definition) is 1. The van der Waals surface area contributed by atoms with E-state index in [0.29, 0.717) is 31.6 Å². The Morgan fingerprint density at radius 1 is 1.20 bits per heavy atom. The summed E-state index contributed by atoms with van der Waals surface area (Å²) < 4.78 is 6.36. The van der Waals surface area contributed by atoms with E-state index in [0.717, 1.165) is 5.56 Å². The number of halogens is 3. The maximum atomic E-state index is 11.9. The van der Waals surface area contributed by atoms with E-state index in [1.165, 1.54) is 12.4 Å². The highest BCUT2D eigenvalue weighted by Crippen LogP contribution is 2.31. The summed E-state index contributed by atoms with van der Waals surface area (Å²) in [6, 6.07) is 10.3. The molecule has 1 aromatic carbocycles. The first-order valence-corrected chi connectivity index (χ1v) is 8.57. The molecule has 0 unspecified atom stereocenters. The average molecular weight is 439 g/mol. The van der Waals surface area contributed by atoms with Crippen LogP contribution in [0.25, 0.3) is 11.3 Å². The normalized spacial score (nSPS) is 11.0. The average Bonchev–Trinajstić information content (AvgIpc) is 3.03. The van der Waals surface area contributed by atoms with Crippen LogP contribution in [-0.4, -0.2) is 17.1 Å². The maximum Gasteiger partial charge on any atom is 0.272 e. The maximum absolute atomic E-state index is 11.9. The van der Waals surface area contributed by atoms with E-state index < -0.39 is 0 Å². The minimum Gasteiger partial charge on any atom is -0.455 e. The zero-order chi connectivity index (χ0) is 17.8. The lowest BCUT2D eigenvalue weighted by Crippen LogP contribution is -2.17. The van der Waals surface area contributed by atoms with Gasteiger partial charge in [0.1, 0.15) is 11.5 Å². The Kier molecular flexibility index (Phi) is 5.53. The molecule has 0 saturated heterocycles. The van der Waals surface area contributed by atoms with Crippen molar-refractivity contribution in [2.45, 2.75) is 0 Å². The lowest BCUT2D eigenvalue weighted by Gasteiger charge is -2.01. The third-order valence-electron chi connectivity index (χ3n) is 3.15. The zero-order valence-electron chi connectivity index (χ0n) is 12.5. The first-order valence-electron chi connectivity index (χ1n) is 7.02. The molecule has 0 saturated carbocycles. The number of pyridine rings is 1. The van der Waals surface area contributed by atoms with Crippen LogP contribution in [0.2, 0.25) is 10.0 Å². The third-order valence-corrected chi connectivity index (χ3v) is 4.13. The van der Waals surface area contributed by atoms with Gasteiger partial charge in [-0.25, -0.2) is 5.43 Å². The van der Waals surface area contributed by atoms with Crippen LogP contribution in [0.1, 0.15) is 16.1 Å². The van der Waals surface area contributed by atoms with Crippen molar-refractivity contribution in [3.05, 3.63) is 74.6 Å². The number of benzene rings is 1. The number of rotatable bonds is 4. The molecule has 0 aliphatic heterocycles. The molecule has 2 aromatic heterocycles. The van der Waals surface area contributed by atoms with Crippen LogP contribution < -0.4 is 5.43 Å². The van der Waals surface area contributed by atoms with E-state index in [-0.39, 0.29) is 5.91 Å². The van der Waals surface area contributed by atoms with Crippen molar-refractivity contribution in [1.82, 2.24) is 10.4 Å². The second-order valence-electron chi connectivity index (χ2n) is 4.92. The summed E-state index contributed by atoms with van der Waals surface area (Å²) in [5.41, 5.74) is 3.51. The van der Waals surface area contributed by atoms with Gasteiger partial charge in [0.2, 0.25) is 0 Å².